The molecule has 1 N–H and O–H groups in total. The molecule has 2 aromatic carbocycles. The van der Waals surface area contributed by atoms with E-state index in [4.69, 9.17) is 9.47 Å². The monoisotopic (exact) mass is 313 g/mol. The Hall–Kier alpha value is -2.49. The number of rotatable bonds is 4. The van der Waals surface area contributed by atoms with Crippen molar-refractivity contribution in [3.8, 4) is 11.5 Å². The highest BCUT2D eigenvalue weighted by molar-refractivity contribution is 6.06. The molecule has 4 heteroatoms. The van der Waals surface area contributed by atoms with Gasteiger partial charge in [0.25, 0.3) is 5.91 Å². The summed E-state index contributed by atoms with van der Waals surface area (Å²) in [6.45, 7) is 6.46. The molecule has 0 bridgehead atoms. The average molecular weight is 313 g/mol. The van der Waals surface area contributed by atoms with Crippen LogP contribution in [0.5, 0.6) is 11.5 Å². The largest absolute Gasteiger partial charge is 0.497 e. The van der Waals surface area contributed by atoms with Gasteiger partial charge < -0.3 is 14.8 Å². The lowest BCUT2D eigenvalue weighted by Gasteiger charge is -2.19. The summed E-state index contributed by atoms with van der Waals surface area (Å²) < 4.78 is 10.4. The van der Waals surface area contributed by atoms with E-state index in [0.717, 1.165) is 5.69 Å². The summed E-state index contributed by atoms with van der Waals surface area (Å²) in [4.78, 5) is 12.5. The van der Waals surface area contributed by atoms with Gasteiger partial charge >= 0.3 is 0 Å². The zero-order valence-corrected chi connectivity index (χ0v) is 14.3. The Morgan fingerprint density at radius 3 is 2.13 bits per heavy atom. The minimum atomic E-state index is -0.232. The van der Waals surface area contributed by atoms with Crippen molar-refractivity contribution in [3.05, 3.63) is 53.6 Å². The Morgan fingerprint density at radius 2 is 1.61 bits per heavy atom. The van der Waals surface area contributed by atoms with Crippen LogP contribution in [0.1, 0.15) is 36.7 Å². The lowest BCUT2D eigenvalue weighted by molar-refractivity contribution is 0.102. The Balaban J connectivity index is 2.22. The molecule has 122 valence electrons. The van der Waals surface area contributed by atoms with Gasteiger partial charge in [-0.15, -0.1) is 0 Å². The predicted octanol–water partition coefficient (Wildman–Crippen LogP) is 4.25. The fourth-order valence-electron chi connectivity index (χ4n) is 2.24. The van der Waals surface area contributed by atoms with Crippen LogP contribution in [-0.4, -0.2) is 20.1 Å². The van der Waals surface area contributed by atoms with Gasteiger partial charge in [0.15, 0.2) is 0 Å². The third kappa shape index (κ3) is 4.03. The number of amides is 1. The maximum atomic E-state index is 12.5. The van der Waals surface area contributed by atoms with Gasteiger partial charge in [0.2, 0.25) is 0 Å². The van der Waals surface area contributed by atoms with Crippen LogP contribution in [0.2, 0.25) is 0 Å². The molecule has 0 fully saturated rings. The van der Waals surface area contributed by atoms with E-state index in [2.05, 4.69) is 26.1 Å². The van der Waals surface area contributed by atoms with E-state index in [-0.39, 0.29) is 11.3 Å². The highest BCUT2D eigenvalue weighted by Gasteiger charge is 2.16. The molecule has 0 spiro atoms. The van der Waals surface area contributed by atoms with Crippen molar-refractivity contribution in [2.75, 3.05) is 19.5 Å². The first-order valence-electron chi connectivity index (χ1n) is 7.49. The molecule has 0 unspecified atom stereocenters. The number of anilines is 1. The van der Waals surface area contributed by atoms with Gasteiger partial charge in [-0.1, -0.05) is 32.9 Å². The summed E-state index contributed by atoms with van der Waals surface area (Å²) in [5, 5.41) is 2.89. The molecule has 0 aliphatic heterocycles. The van der Waals surface area contributed by atoms with Crippen LogP contribution in [0, 0.1) is 0 Å². The zero-order valence-electron chi connectivity index (χ0n) is 14.3. The van der Waals surface area contributed by atoms with Crippen LogP contribution >= 0.6 is 0 Å². The molecule has 2 aromatic rings. The molecule has 23 heavy (non-hydrogen) atoms. The van der Waals surface area contributed by atoms with Gasteiger partial charge in [0.05, 0.1) is 19.8 Å². The van der Waals surface area contributed by atoms with Crippen LogP contribution in [0.4, 0.5) is 5.69 Å². The predicted molar refractivity (Wildman–Crippen MR) is 92.6 cm³/mol. The fraction of sp³-hybridized carbons (Fsp3) is 0.316. The lowest BCUT2D eigenvalue weighted by Crippen LogP contribution is -2.14. The third-order valence-corrected chi connectivity index (χ3v) is 3.66. The van der Waals surface area contributed by atoms with Gasteiger partial charge in [0.1, 0.15) is 11.5 Å². The molecule has 0 heterocycles. The average Bonchev–Trinajstić information content (AvgIpc) is 2.53. The third-order valence-electron chi connectivity index (χ3n) is 3.66. The van der Waals surface area contributed by atoms with Crippen molar-refractivity contribution in [2.45, 2.75) is 26.2 Å². The van der Waals surface area contributed by atoms with Gasteiger partial charge in [0, 0.05) is 5.69 Å². The number of nitrogens with one attached hydrogen (secondary N) is 1. The molecule has 0 aromatic heterocycles. The van der Waals surface area contributed by atoms with E-state index < -0.39 is 0 Å². The van der Waals surface area contributed by atoms with Crippen LogP contribution < -0.4 is 14.8 Å². The standard InChI is InChI=1S/C19H23NO3/c1-19(2,3)13-6-8-14(9-7-13)20-18(21)16-12-15(22-4)10-11-17(16)23-5/h6-12H,1-5H3,(H,20,21). The number of carbonyl (C=O) groups is 1. The number of ether oxygens (including phenoxy) is 2. The second-order valence-electron chi connectivity index (χ2n) is 6.35. The number of hydrogen-bond acceptors (Lipinski definition) is 3. The van der Waals surface area contributed by atoms with Crippen LogP contribution in [-0.2, 0) is 5.41 Å². The Bertz CT molecular complexity index is 685. The van der Waals surface area contributed by atoms with Crippen molar-refractivity contribution in [2.24, 2.45) is 0 Å². The molecular formula is C19H23NO3. The molecule has 0 aliphatic carbocycles. The SMILES string of the molecule is COc1ccc(OC)c(C(=O)Nc2ccc(C(C)(C)C)cc2)c1. The molecule has 0 aliphatic rings. The first-order valence-corrected chi connectivity index (χ1v) is 7.49. The molecular weight excluding hydrogens is 290 g/mol. The van der Waals surface area contributed by atoms with Crippen molar-refractivity contribution in [3.63, 3.8) is 0 Å². The molecule has 1 amide bonds. The van der Waals surface area contributed by atoms with E-state index in [1.54, 1.807) is 25.3 Å². The van der Waals surface area contributed by atoms with Crippen LogP contribution in [0.3, 0.4) is 0 Å². The second-order valence-corrected chi connectivity index (χ2v) is 6.35. The summed E-state index contributed by atoms with van der Waals surface area (Å²) in [5.74, 6) is 0.887. The highest BCUT2D eigenvalue weighted by atomic mass is 16.5. The lowest BCUT2D eigenvalue weighted by atomic mass is 9.87. The minimum absolute atomic E-state index is 0.0819. The van der Waals surface area contributed by atoms with Gasteiger partial charge in [-0.05, 0) is 41.3 Å². The summed E-state index contributed by atoms with van der Waals surface area (Å²) in [6, 6.07) is 13.0. The fourth-order valence-corrected chi connectivity index (χ4v) is 2.24. The van der Waals surface area contributed by atoms with E-state index in [9.17, 15) is 4.79 Å². The summed E-state index contributed by atoms with van der Waals surface area (Å²) >= 11 is 0. The van der Waals surface area contributed by atoms with Crippen molar-refractivity contribution < 1.29 is 14.3 Å². The maximum absolute atomic E-state index is 12.5. The molecule has 0 saturated heterocycles. The highest BCUT2D eigenvalue weighted by Crippen LogP contribution is 2.26. The molecule has 0 radical (unpaired) electrons. The summed E-state index contributed by atoms with van der Waals surface area (Å²) in [7, 11) is 3.10. The van der Waals surface area contributed by atoms with E-state index in [1.165, 1.54) is 12.7 Å². The summed E-state index contributed by atoms with van der Waals surface area (Å²) in [5.41, 5.74) is 2.48. The Labute approximate surface area is 137 Å². The first-order chi connectivity index (χ1) is 10.8. The molecule has 4 nitrogen and oxygen atoms in total. The first kappa shape index (κ1) is 16.9. The molecule has 0 atom stereocenters. The molecule has 0 saturated carbocycles. The van der Waals surface area contributed by atoms with E-state index in [1.807, 2.05) is 24.3 Å². The normalized spacial score (nSPS) is 11.0. The minimum Gasteiger partial charge on any atom is -0.497 e. The number of carbonyl (C=O) groups excluding carboxylic acids is 1. The zero-order chi connectivity index (χ0) is 17.0. The topological polar surface area (TPSA) is 47.6 Å². The number of benzene rings is 2. The Kier molecular flexibility index (Phi) is 4.94. The van der Waals surface area contributed by atoms with Crippen molar-refractivity contribution in [1.29, 1.82) is 0 Å². The Morgan fingerprint density at radius 1 is 0.957 bits per heavy atom. The van der Waals surface area contributed by atoms with Crippen molar-refractivity contribution in [1.82, 2.24) is 0 Å². The molecule has 2 rings (SSSR count). The summed E-state index contributed by atoms with van der Waals surface area (Å²) in [6.07, 6.45) is 0. The van der Waals surface area contributed by atoms with Crippen LogP contribution in [0.15, 0.2) is 42.5 Å². The van der Waals surface area contributed by atoms with Gasteiger partial charge in [-0.25, -0.2) is 0 Å². The second kappa shape index (κ2) is 6.73. The van der Waals surface area contributed by atoms with E-state index in [0.29, 0.717) is 17.1 Å². The smallest absolute Gasteiger partial charge is 0.259 e. The van der Waals surface area contributed by atoms with Crippen LogP contribution in [0.25, 0.3) is 0 Å². The van der Waals surface area contributed by atoms with Gasteiger partial charge in [-0.2, -0.15) is 0 Å². The quantitative estimate of drug-likeness (QED) is 0.917. The number of methoxy groups -OCH3 is 2. The van der Waals surface area contributed by atoms with E-state index >= 15 is 0 Å². The number of hydrogen-bond donors (Lipinski definition) is 1. The van der Waals surface area contributed by atoms with Gasteiger partial charge in [-0.3, -0.25) is 4.79 Å². The maximum Gasteiger partial charge on any atom is 0.259 e. The van der Waals surface area contributed by atoms with Crippen molar-refractivity contribution >= 4 is 11.6 Å².